The molecular formula is C17H23N3O4S3. The van der Waals surface area contributed by atoms with Crippen molar-refractivity contribution in [3.63, 3.8) is 0 Å². The molecule has 0 unspecified atom stereocenters. The molecule has 0 aromatic carbocycles. The lowest BCUT2D eigenvalue weighted by Gasteiger charge is -2.25. The molecule has 1 amide bonds. The predicted molar refractivity (Wildman–Crippen MR) is 106 cm³/mol. The van der Waals surface area contributed by atoms with E-state index in [9.17, 15) is 13.2 Å². The van der Waals surface area contributed by atoms with E-state index in [0.717, 1.165) is 9.88 Å². The number of thiophene rings is 1. The van der Waals surface area contributed by atoms with Crippen LogP contribution in [0.3, 0.4) is 0 Å². The van der Waals surface area contributed by atoms with Gasteiger partial charge in [-0.25, -0.2) is 13.4 Å². The highest BCUT2D eigenvalue weighted by Crippen LogP contribution is 2.28. The number of hydrogen-bond donors (Lipinski definition) is 1. The zero-order chi connectivity index (χ0) is 19.7. The number of morpholine rings is 1. The SMILES string of the molecule is CC(C)(C)c1ncc(C(=O)NCc2ccc(S(=O)(=O)N3CCOCC3)s2)s1. The Morgan fingerprint density at radius 2 is 1.96 bits per heavy atom. The summed E-state index contributed by atoms with van der Waals surface area (Å²) in [6.07, 6.45) is 1.59. The summed E-state index contributed by atoms with van der Waals surface area (Å²) < 4.78 is 32.2. The predicted octanol–water partition coefficient (Wildman–Crippen LogP) is 2.45. The average molecular weight is 430 g/mol. The van der Waals surface area contributed by atoms with Crippen LogP contribution in [-0.2, 0) is 26.7 Å². The Kier molecular flexibility index (Phi) is 6.02. The summed E-state index contributed by atoms with van der Waals surface area (Å²) in [5.74, 6) is -0.200. The topological polar surface area (TPSA) is 88.6 Å². The maximum absolute atomic E-state index is 12.6. The number of ether oxygens (including phenoxy) is 1. The summed E-state index contributed by atoms with van der Waals surface area (Å²) in [6, 6.07) is 3.34. The first-order valence-corrected chi connectivity index (χ1v) is 11.7. The molecular weight excluding hydrogens is 406 g/mol. The van der Waals surface area contributed by atoms with Gasteiger partial charge in [-0.1, -0.05) is 20.8 Å². The van der Waals surface area contributed by atoms with Crippen molar-refractivity contribution in [1.29, 1.82) is 0 Å². The number of nitrogens with zero attached hydrogens (tertiary/aromatic N) is 2. The second-order valence-electron chi connectivity index (χ2n) is 7.20. The molecule has 0 spiro atoms. The Morgan fingerprint density at radius 3 is 2.59 bits per heavy atom. The third-order valence-corrected chi connectivity index (χ3v) is 8.87. The lowest BCUT2D eigenvalue weighted by molar-refractivity contribution is 0.0731. The fourth-order valence-corrected chi connectivity index (χ4v) is 6.23. The number of rotatable bonds is 5. The van der Waals surface area contributed by atoms with Gasteiger partial charge in [-0.3, -0.25) is 4.79 Å². The number of hydrogen-bond acceptors (Lipinski definition) is 7. The zero-order valence-electron chi connectivity index (χ0n) is 15.5. The molecule has 1 aliphatic heterocycles. The van der Waals surface area contributed by atoms with Gasteiger partial charge in [0.1, 0.15) is 9.09 Å². The molecule has 1 fully saturated rings. The van der Waals surface area contributed by atoms with Crippen LogP contribution in [0, 0.1) is 0 Å². The molecule has 27 heavy (non-hydrogen) atoms. The summed E-state index contributed by atoms with van der Waals surface area (Å²) >= 11 is 2.56. The van der Waals surface area contributed by atoms with Crippen molar-refractivity contribution in [3.05, 3.63) is 33.1 Å². The van der Waals surface area contributed by atoms with E-state index in [0.29, 0.717) is 35.4 Å². The second kappa shape index (κ2) is 7.96. The van der Waals surface area contributed by atoms with Crippen molar-refractivity contribution in [2.24, 2.45) is 0 Å². The average Bonchev–Trinajstić information content (AvgIpc) is 3.30. The zero-order valence-corrected chi connectivity index (χ0v) is 18.0. The van der Waals surface area contributed by atoms with Gasteiger partial charge in [0.15, 0.2) is 0 Å². The first-order valence-electron chi connectivity index (χ1n) is 8.59. The number of amides is 1. The molecule has 0 atom stereocenters. The largest absolute Gasteiger partial charge is 0.379 e. The van der Waals surface area contributed by atoms with Gasteiger partial charge in [-0.15, -0.1) is 22.7 Å². The summed E-state index contributed by atoms with van der Waals surface area (Å²) in [5.41, 5.74) is -0.0975. The highest BCUT2D eigenvalue weighted by molar-refractivity contribution is 7.91. The Hall–Kier alpha value is -1.33. The number of nitrogens with one attached hydrogen (secondary N) is 1. The maximum atomic E-state index is 12.6. The standard InChI is InChI=1S/C17H23N3O4S3/c1-17(2,3)16-19-11-13(26-16)15(21)18-10-12-4-5-14(25-12)27(22,23)20-6-8-24-9-7-20/h4-5,11H,6-10H2,1-3H3,(H,18,21). The lowest BCUT2D eigenvalue weighted by Crippen LogP contribution is -2.40. The van der Waals surface area contributed by atoms with Gasteiger partial charge in [0.2, 0.25) is 0 Å². The van der Waals surface area contributed by atoms with Crippen LogP contribution in [0.15, 0.2) is 22.5 Å². The molecule has 0 saturated carbocycles. The summed E-state index contributed by atoms with van der Waals surface area (Å²) in [6.45, 7) is 8.01. The molecule has 1 saturated heterocycles. The number of carbonyl (C=O) groups excluding carboxylic acids is 1. The van der Waals surface area contributed by atoms with Gasteiger partial charge < -0.3 is 10.1 Å². The fourth-order valence-electron chi connectivity index (χ4n) is 2.49. The summed E-state index contributed by atoms with van der Waals surface area (Å²) in [7, 11) is -3.49. The van der Waals surface area contributed by atoms with Crippen LogP contribution in [0.4, 0.5) is 0 Å². The monoisotopic (exact) mass is 429 g/mol. The van der Waals surface area contributed by atoms with Crippen LogP contribution in [0.2, 0.25) is 0 Å². The molecule has 0 aliphatic carbocycles. The van der Waals surface area contributed by atoms with Gasteiger partial charge in [0.05, 0.1) is 31.0 Å². The quantitative estimate of drug-likeness (QED) is 0.789. The third-order valence-electron chi connectivity index (χ3n) is 4.00. The normalized spacial score (nSPS) is 16.4. The van der Waals surface area contributed by atoms with Gasteiger partial charge in [0.25, 0.3) is 15.9 Å². The highest BCUT2D eigenvalue weighted by atomic mass is 32.2. The van der Waals surface area contributed by atoms with Gasteiger partial charge in [-0.05, 0) is 12.1 Å². The molecule has 0 bridgehead atoms. The van der Waals surface area contributed by atoms with E-state index in [1.165, 1.54) is 27.0 Å². The van der Waals surface area contributed by atoms with Crippen molar-refractivity contribution in [2.75, 3.05) is 26.3 Å². The molecule has 148 valence electrons. The molecule has 7 nitrogen and oxygen atoms in total. The first kappa shape index (κ1) is 20.4. The molecule has 2 aromatic rings. The molecule has 1 N–H and O–H groups in total. The van der Waals surface area contributed by atoms with Crippen LogP contribution >= 0.6 is 22.7 Å². The Labute approximate surface area is 167 Å². The van der Waals surface area contributed by atoms with Crippen molar-refractivity contribution < 1.29 is 17.9 Å². The van der Waals surface area contributed by atoms with Gasteiger partial charge in [0, 0.05) is 23.4 Å². The number of carbonyl (C=O) groups is 1. The minimum atomic E-state index is -3.49. The fraction of sp³-hybridized carbons (Fsp3) is 0.529. The third kappa shape index (κ3) is 4.75. The van der Waals surface area contributed by atoms with Crippen molar-refractivity contribution >= 4 is 38.6 Å². The number of aromatic nitrogens is 1. The minimum Gasteiger partial charge on any atom is -0.379 e. The minimum absolute atomic E-state index is 0.0975. The molecule has 0 radical (unpaired) electrons. The van der Waals surface area contributed by atoms with Gasteiger partial charge >= 0.3 is 0 Å². The Balaban J connectivity index is 1.62. The smallest absolute Gasteiger partial charge is 0.263 e. The second-order valence-corrected chi connectivity index (χ2v) is 11.6. The lowest BCUT2D eigenvalue weighted by atomic mass is 9.98. The van der Waals surface area contributed by atoms with Crippen LogP contribution in [0.25, 0.3) is 0 Å². The van der Waals surface area contributed by atoms with E-state index >= 15 is 0 Å². The van der Waals surface area contributed by atoms with E-state index in [4.69, 9.17) is 4.74 Å². The van der Waals surface area contributed by atoms with Crippen molar-refractivity contribution in [1.82, 2.24) is 14.6 Å². The summed E-state index contributed by atoms with van der Waals surface area (Å²) in [4.78, 5) is 18.0. The molecule has 2 aromatic heterocycles. The van der Waals surface area contributed by atoms with Crippen LogP contribution in [-0.4, -0.2) is 49.9 Å². The first-order chi connectivity index (χ1) is 12.7. The van der Waals surface area contributed by atoms with E-state index in [-0.39, 0.29) is 17.9 Å². The van der Waals surface area contributed by atoms with E-state index in [1.807, 2.05) is 0 Å². The molecule has 10 heteroatoms. The Bertz CT molecular complexity index is 906. The van der Waals surface area contributed by atoms with Crippen LogP contribution in [0.5, 0.6) is 0 Å². The molecule has 3 rings (SSSR count). The van der Waals surface area contributed by atoms with Crippen LogP contribution in [0.1, 0.15) is 40.3 Å². The number of sulfonamides is 1. The van der Waals surface area contributed by atoms with E-state index in [2.05, 4.69) is 31.1 Å². The van der Waals surface area contributed by atoms with Gasteiger partial charge in [-0.2, -0.15) is 4.31 Å². The van der Waals surface area contributed by atoms with Crippen molar-refractivity contribution in [2.45, 2.75) is 36.9 Å². The summed E-state index contributed by atoms with van der Waals surface area (Å²) in [5, 5.41) is 3.74. The van der Waals surface area contributed by atoms with E-state index in [1.54, 1.807) is 18.3 Å². The van der Waals surface area contributed by atoms with Crippen molar-refractivity contribution in [3.8, 4) is 0 Å². The molecule has 1 aliphatic rings. The number of thiazole rings is 1. The van der Waals surface area contributed by atoms with E-state index < -0.39 is 10.0 Å². The maximum Gasteiger partial charge on any atom is 0.263 e. The highest BCUT2D eigenvalue weighted by Gasteiger charge is 2.28. The molecule has 3 heterocycles. The Morgan fingerprint density at radius 1 is 1.26 bits per heavy atom. The van der Waals surface area contributed by atoms with Crippen LogP contribution < -0.4 is 5.32 Å².